The largest absolute Gasteiger partial charge is 0.461 e. The summed E-state index contributed by atoms with van der Waals surface area (Å²) in [6.45, 7) is 3.55. The smallest absolute Gasteiger partial charge is 0.359 e. The summed E-state index contributed by atoms with van der Waals surface area (Å²) in [7, 11) is 1.67. The molecule has 0 spiro atoms. The number of alkyl halides is 1. The molecule has 0 aromatic carbocycles. The molecule has 0 aliphatic heterocycles. The summed E-state index contributed by atoms with van der Waals surface area (Å²) in [6, 6.07) is 0. The first-order valence-corrected chi connectivity index (χ1v) is 8.41. The zero-order chi connectivity index (χ0) is 18.6. The molecule has 25 heavy (non-hydrogen) atoms. The number of hydrogen-bond donors (Lipinski definition) is 1. The van der Waals surface area contributed by atoms with E-state index in [9.17, 15) is 14.4 Å². The third kappa shape index (κ3) is 3.95. The van der Waals surface area contributed by atoms with Crippen molar-refractivity contribution in [2.24, 2.45) is 7.05 Å². The number of H-pyrrole nitrogens is 1. The van der Waals surface area contributed by atoms with Crippen LogP contribution in [0.15, 0.2) is 12.4 Å². The normalized spacial score (nSPS) is 11.8. The topological polar surface area (TPSA) is 116 Å². The lowest BCUT2D eigenvalue weighted by molar-refractivity contribution is 0.0513. The fraction of sp³-hybridized carbons (Fsp3) is 0.400. The van der Waals surface area contributed by atoms with E-state index in [0.717, 1.165) is 0 Å². The lowest BCUT2D eigenvalue weighted by Gasteiger charge is -2.10. The second-order valence-electron chi connectivity index (χ2n) is 4.93. The highest BCUT2D eigenvalue weighted by molar-refractivity contribution is 9.09. The Labute approximate surface area is 151 Å². The highest BCUT2D eigenvalue weighted by Gasteiger charge is 2.34. The molecule has 0 saturated heterocycles. The van der Waals surface area contributed by atoms with Crippen molar-refractivity contribution in [3.05, 3.63) is 34.9 Å². The van der Waals surface area contributed by atoms with Crippen molar-refractivity contribution in [3.8, 4) is 0 Å². The van der Waals surface area contributed by atoms with E-state index in [1.54, 1.807) is 20.9 Å². The average Bonchev–Trinajstić information content (AvgIpc) is 3.20. The second kappa shape index (κ2) is 8.06. The second-order valence-corrected chi connectivity index (χ2v) is 5.85. The van der Waals surface area contributed by atoms with Crippen LogP contribution in [0.1, 0.15) is 55.6 Å². The zero-order valence-corrected chi connectivity index (χ0v) is 15.5. The lowest BCUT2D eigenvalue weighted by atomic mass is 10.0. The van der Waals surface area contributed by atoms with Crippen LogP contribution in [-0.2, 0) is 16.5 Å². The molecular weight excluding hydrogens is 396 g/mol. The maximum Gasteiger partial charge on any atom is 0.359 e. The molecule has 0 radical (unpaired) electrons. The number of Topliss-reactive ketones (excluding diaryl/α,β-unsaturated/α-hetero) is 1. The maximum absolute atomic E-state index is 12.7. The van der Waals surface area contributed by atoms with Crippen molar-refractivity contribution >= 4 is 33.7 Å². The highest BCUT2D eigenvalue weighted by atomic mass is 79.9. The summed E-state index contributed by atoms with van der Waals surface area (Å²) >= 11 is 3.25. The van der Waals surface area contributed by atoms with Crippen molar-refractivity contribution in [2.45, 2.75) is 18.7 Å². The number of nitrogens with one attached hydrogen (secondary N) is 1. The van der Waals surface area contributed by atoms with Crippen molar-refractivity contribution in [3.63, 3.8) is 0 Å². The molecule has 2 rings (SSSR count). The van der Waals surface area contributed by atoms with Crippen molar-refractivity contribution in [1.29, 1.82) is 0 Å². The SMILES string of the molecule is CCOC(=O)c1n[nH]c(C(=O)OCC)c1C(Br)C(=O)c1cnn(C)c1. The number of hydrogen-bond acceptors (Lipinski definition) is 7. The number of rotatable bonds is 7. The Hall–Kier alpha value is -2.49. The van der Waals surface area contributed by atoms with Crippen LogP contribution < -0.4 is 0 Å². The number of ether oxygens (including phenoxy) is 2. The number of esters is 2. The molecular formula is C15H17BrN4O5. The van der Waals surface area contributed by atoms with Crippen LogP contribution in [0.4, 0.5) is 0 Å². The quantitative estimate of drug-likeness (QED) is 0.418. The predicted molar refractivity (Wildman–Crippen MR) is 89.7 cm³/mol. The molecule has 0 amide bonds. The monoisotopic (exact) mass is 412 g/mol. The fourth-order valence-electron chi connectivity index (χ4n) is 2.14. The van der Waals surface area contributed by atoms with E-state index in [1.807, 2.05) is 0 Å². The van der Waals surface area contributed by atoms with Crippen molar-refractivity contribution in [2.75, 3.05) is 13.2 Å². The molecule has 2 heterocycles. The number of aromatic nitrogens is 4. The average molecular weight is 413 g/mol. The van der Waals surface area contributed by atoms with Crippen LogP contribution in [0.3, 0.4) is 0 Å². The Bertz CT molecular complexity index is 762. The third-order valence-electron chi connectivity index (χ3n) is 3.23. The molecule has 134 valence electrons. The van der Waals surface area contributed by atoms with Crippen LogP contribution in [0.25, 0.3) is 0 Å². The number of carbonyl (C=O) groups excluding carboxylic acids is 3. The Balaban J connectivity index is 2.47. The number of aromatic amines is 1. The highest BCUT2D eigenvalue weighted by Crippen LogP contribution is 2.32. The van der Waals surface area contributed by atoms with E-state index in [2.05, 4.69) is 31.2 Å². The van der Waals surface area contributed by atoms with Crippen LogP contribution in [0.2, 0.25) is 0 Å². The van der Waals surface area contributed by atoms with Gasteiger partial charge in [0.05, 0.1) is 25.0 Å². The van der Waals surface area contributed by atoms with Gasteiger partial charge in [-0.1, -0.05) is 15.9 Å². The van der Waals surface area contributed by atoms with Gasteiger partial charge in [0.1, 0.15) is 10.5 Å². The van der Waals surface area contributed by atoms with Crippen molar-refractivity contribution in [1.82, 2.24) is 20.0 Å². The van der Waals surface area contributed by atoms with Gasteiger partial charge in [-0.15, -0.1) is 0 Å². The van der Waals surface area contributed by atoms with Gasteiger partial charge in [0.15, 0.2) is 11.5 Å². The van der Waals surface area contributed by atoms with Crippen LogP contribution in [-0.4, -0.2) is 50.9 Å². The number of halogens is 1. The Kier molecular flexibility index (Phi) is 6.07. The molecule has 2 aromatic heterocycles. The van der Waals surface area contributed by atoms with Crippen LogP contribution >= 0.6 is 15.9 Å². The molecule has 1 N–H and O–H groups in total. The van der Waals surface area contributed by atoms with E-state index >= 15 is 0 Å². The molecule has 0 bridgehead atoms. The van der Waals surface area contributed by atoms with E-state index < -0.39 is 16.8 Å². The molecule has 0 fully saturated rings. The summed E-state index contributed by atoms with van der Waals surface area (Å²) < 4.78 is 11.4. The first-order valence-electron chi connectivity index (χ1n) is 7.50. The van der Waals surface area contributed by atoms with Gasteiger partial charge in [-0.05, 0) is 13.8 Å². The summed E-state index contributed by atoms with van der Waals surface area (Å²) in [4.78, 5) is 35.9. The molecule has 2 aromatic rings. The molecule has 10 heteroatoms. The van der Waals surface area contributed by atoms with Gasteiger partial charge in [-0.3, -0.25) is 14.6 Å². The van der Waals surface area contributed by atoms with Gasteiger partial charge < -0.3 is 9.47 Å². The van der Waals surface area contributed by atoms with E-state index in [1.165, 1.54) is 17.1 Å². The van der Waals surface area contributed by atoms with Gasteiger partial charge >= 0.3 is 11.9 Å². The maximum atomic E-state index is 12.7. The van der Waals surface area contributed by atoms with Crippen LogP contribution in [0.5, 0.6) is 0 Å². The summed E-state index contributed by atoms with van der Waals surface area (Å²) in [5.74, 6) is -1.85. The molecule has 0 aliphatic carbocycles. The van der Waals surface area contributed by atoms with Crippen molar-refractivity contribution < 1.29 is 23.9 Å². The zero-order valence-electron chi connectivity index (χ0n) is 13.9. The summed E-state index contributed by atoms with van der Waals surface area (Å²) in [5, 5.41) is 10.2. The fourth-order valence-corrected chi connectivity index (χ4v) is 2.85. The third-order valence-corrected chi connectivity index (χ3v) is 4.10. The Morgan fingerprint density at radius 3 is 2.44 bits per heavy atom. The lowest BCUT2D eigenvalue weighted by Crippen LogP contribution is -2.16. The molecule has 1 unspecified atom stereocenters. The first-order chi connectivity index (χ1) is 11.9. The predicted octanol–water partition coefficient (Wildman–Crippen LogP) is 1.82. The Morgan fingerprint density at radius 2 is 1.88 bits per heavy atom. The molecule has 0 saturated carbocycles. The molecule has 9 nitrogen and oxygen atoms in total. The minimum absolute atomic E-state index is 0.0748. The summed E-state index contributed by atoms with van der Waals surface area (Å²) in [5.41, 5.74) is 0.161. The van der Waals surface area contributed by atoms with E-state index in [-0.39, 0.29) is 35.9 Å². The van der Waals surface area contributed by atoms with Gasteiger partial charge in [0.25, 0.3) is 0 Å². The Morgan fingerprint density at radius 1 is 1.24 bits per heavy atom. The number of nitrogens with zero attached hydrogens (tertiary/aromatic N) is 3. The number of carbonyl (C=O) groups is 3. The molecule has 0 aliphatic rings. The van der Waals surface area contributed by atoms with Gasteiger partial charge in [-0.25, -0.2) is 9.59 Å². The number of ketones is 1. The summed E-state index contributed by atoms with van der Waals surface area (Å²) in [6.07, 6.45) is 2.93. The van der Waals surface area contributed by atoms with E-state index in [0.29, 0.717) is 5.56 Å². The minimum Gasteiger partial charge on any atom is -0.461 e. The first kappa shape index (κ1) is 18.8. The van der Waals surface area contributed by atoms with E-state index in [4.69, 9.17) is 9.47 Å². The van der Waals surface area contributed by atoms with Gasteiger partial charge in [0, 0.05) is 18.8 Å². The van der Waals surface area contributed by atoms with Gasteiger partial charge in [0.2, 0.25) is 0 Å². The standard InChI is InChI=1S/C15H17BrN4O5/c1-4-24-14(22)11-9(12(19-18-11)15(23)25-5-2)10(16)13(21)8-6-17-20(3)7-8/h6-7,10H,4-5H2,1-3H3,(H,18,19). The number of aryl methyl sites for hydroxylation is 1. The minimum atomic E-state index is -1.01. The molecule has 1 atom stereocenters. The van der Waals surface area contributed by atoms with Gasteiger partial charge in [-0.2, -0.15) is 10.2 Å². The van der Waals surface area contributed by atoms with Crippen LogP contribution in [0, 0.1) is 0 Å².